The van der Waals surface area contributed by atoms with Crippen molar-refractivity contribution in [3.8, 4) is 17.0 Å². The summed E-state index contributed by atoms with van der Waals surface area (Å²) in [6.45, 7) is 6.02. The summed E-state index contributed by atoms with van der Waals surface area (Å²) in [7, 11) is 1.85. The number of carbonyl (C=O) groups is 1. The van der Waals surface area contributed by atoms with Crippen LogP contribution in [-0.2, 0) is 13.5 Å². The zero-order valence-electron chi connectivity index (χ0n) is 19.9. The molecule has 8 nitrogen and oxygen atoms in total. The molecule has 2 aromatic heterocycles. The van der Waals surface area contributed by atoms with Crippen LogP contribution in [0, 0.1) is 5.92 Å². The second kappa shape index (κ2) is 8.76. The molecule has 34 heavy (non-hydrogen) atoms. The standard InChI is InChI=1S/C26H31N5O3/c1-26(2)13-18-11-22(23(12-24(18)34-26)31-9-7-17(16-32)8-10-31)29-25(33)21-6-4-5-20(28-21)19-14-27-30(3)15-19/h4-6,11-12,14-15,17,32H,7-10,13,16H2,1-3H3,(H,29,33). The van der Waals surface area contributed by atoms with Crippen LogP contribution in [0.15, 0.2) is 42.7 Å². The van der Waals surface area contributed by atoms with E-state index in [1.807, 2.05) is 31.4 Å². The summed E-state index contributed by atoms with van der Waals surface area (Å²) in [6, 6.07) is 9.53. The van der Waals surface area contributed by atoms with Gasteiger partial charge in [-0.25, -0.2) is 4.98 Å². The number of ether oxygens (including phenoxy) is 1. The van der Waals surface area contributed by atoms with Gasteiger partial charge in [-0.15, -0.1) is 0 Å². The maximum atomic E-state index is 13.3. The number of amides is 1. The van der Waals surface area contributed by atoms with Gasteiger partial charge >= 0.3 is 0 Å². The van der Waals surface area contributed by atoms with Crippen molar-refractivity contribution < 1.29 is 14.6 Å². The third-order valence-corrected chi connectivity index (χ3v) is 6.63. The van der Waals surface area contributed by atoms with Crippen molar-refractivity contribution >= 4 is 17.3 Å². The van der Waals surface area contributed by atoms with E-state index >= 15 is 0 Å². The molecule has 1 aromatic carbocycles. The molecule has 3 aromatic rings. The molecule has 1 amide bonds. The molecule has 0 radical (unpaired) electrons. The smallest absolute Gasteiger partial charge is 0.274 e. The van der Waals surface area contributed by atoms with Gasteiger partial charge in [-0.05, 0) is 50.8 Å². The van der Waals surface area contributed by atoms with Crippen molar-refractivity contribution in [2.45, 2.75) is 38.7 Å². The molecule has 8 heteroatoms. The summed E-state index contributed by atoms with van der Waals surface area (Å²) in [5.41, 5.74) is 4.45. The number of aromatic nitrogens is 3. The summed E-state index contributed by atoms with van der Waals surface area (Å²) in [4.78, 5) is 20.1. The first-order valence-corrected chi connectivity index (χ1v) is 11.8. The number of benzene rings is 1. The number of pyridine rings is 1. The molecule has 5 rings (SSSR count). The third kappa shape index (κ3) is 4.50. The van der Waals surface area contributed by atoms with Crippen LogP contribution < -0.4 is 15.0 Å². The number of hydrogen-bond donors (Lipinski definition) is 2. The Labute approximate surface area is 199 Å². The number of fused-ring (bicyclic) bond motifs is 1. The summed E-state index contributed by atoms with van der Waals surface area (Å²) in [5, 5.41) is 16.8. The van der Waals surface area contributed by atoms with Gasteiger partial charge in [0.25, 0.3) is 5.91 Å². The Morgan fingerprint density at radius 3 is 2.76 bits per heavy atom. The fourth-order valence-electron chi connectivity index (χ4n) is 4.82. The molecule has 2 aliphatic rings. The Morgan fingerprint density at radius 2 is 2.06 bits per heavy atom. The van der Waals surface area contributed by atoms with E-state index in [0.717, 1.165) is 60.6 Å². The molecule has 0 bridgehead atoms. The first kappa shape index (κ1) is 22.4. The van der Waals surface area contributed by atoms with Gasteiger partial charge in [0.1, 0.15) is 17.0 Å². The molecule has 0 spiro atoms. The van der Waals surface area contributed by atoms with Gasteiger partial charge in [-0.2, -0.15) is 5.10 Å². The van der Waals surface area contributed by atoms with Crippen molar-refractivity contribution in [1.82, 2.24) is 14.8 Å². The monoisotopic (exact) mass is 461 g/mol. The summed E-state index contributed by atoms with van der Waals surface area (Å²) < 4.78 is 7.89. The quantitative estimate of drug-likeness (QED) is 0.603. The van der Waals surface area contributed by atoms with Gasteiger partial charge in [0.05, 0.1) is 23.3 Å². The molecule has 1 saturated heterocycles. The van der Waals surface area contributed by atoms with Gasteiger partial charge in [-0.1, -0.05) is 6.07 Å². The predicted molar refractivity (Wildman–Crippen MR) is 131 cm³/mol. The molecule has 2 aliphatic heterocycles. The van der Waals surface area contributed by atoms with E-state index in [1.54, 1.807) is 16.9 Å². The zero-order valence-corrected chi connectivity index (χ0v) is 19.9. The van der Waals surface area contributed by atoms with Gasteiger partial charge in [0.15, 0.2) is 0 Å². The first-order valence-electron chi connectivity index (χ1n) is 11.8. The van der Waals surface area contributed by atoms with Gasteiger partial charge in [0, 0.05) is 56.6 Å². The highest BCUT2D eigenvalue weighted by Crippen LogP contribution is 2.42. The fraction of sp³-hybridized carbons (Fsp3) is 0.423. The highest BCUT2D eigenvalue weighted by Gasteiger charge is 2.32. The topological polar surface area (TPSA) is 92.5 Å². The first-order chi connectivity index (χ1) is 16.3. The minimum absolute atomic E-state index is 0.220. The summed E-state index contributed by atoms with van der Waals surface area (Å²) in [6.07, 6.45) is 6.23. The Hall–Kier alpha value is -3.39. The Morgan fingerprint density at radius 1 is 1.26 bits per heavy atom. The summed E-state index contributed by atoms with van der Waals surface area (Å²) in [5.74, 6) is 0.952. The average Bonchev–Trinajstić information content (AvgIpc) is 3.39. The molecule has 0 unspecified atom stereocenters. The molecule has 0 atom stereocenters. The number of carbonyl (C=O) groups excluding carboxylic acids is 1. The number of nitrogens with one attached hydrogen (secondary N) is 1. The Bertz CT molecular complexity index is 1210. The molecule has 2 N–H and O–H groups in total. The van der Waals surface area contributed by atoms with E-state index in [2.05, 4.69) is 40.2 Å². The number of aliphatic hydroxyl groups is 1. The minimum Gasteiger partial charge on any atom is -0.487 e. The van der Waals surface area contributed by atoms with Crippen molar-refractivity contribution in [2.75, 3.05) is 29.9 Å². The fourth-order valence-corrected chi connectivity index (χ4v) is 4.82. The van der Waals surface area contributed by atoms with Crippen LogP contribution in [0.25, 0.3) is 11.3 Å². The Balaban J connectivity index is 1.44. The largest absolute Gasteiger partial charge is 0.487 e. The van der Waals surface area contributed by atoms with Gasteiger partial charge < -0.3 is 20.1 Å². The number of aliphatic hydroxyl groups excluding tert-OH is 1. The lowest BCUT2D eigenvalue weighted by molar-refractivity contribution is 0.102. The highest BCUT2D eigenvalue weighted by atomic mass is 16.5. The number of piperidine rings is 1. The van der Waals surface area contributed by atoms with Gasteiger partial charge in [-0.3, -0.25) is 9.48 Å². The summed E-state index contributed by atoms with van der Waals surface area (Å²) >= 11 is 0. The van der Waals surface area contributed by atoms with Crippen LogP contribution in [0.2, 0.25) is 0 Å². The van der Waals surface area contributed by atoms with Crippen LogP contribution in [0.4, 0.5) is 11.4 Å². The lowest BCUT2D eigenvalue weighted by Crippen LogP contribution is -2.35. The molecule has 0 aliphatic carbocycles. The molecule has 4 heterocycles. The highest BCUT2D eigenvalue weighted by molar-refractivity contribution is 6.05. The second-order valence-corrected chi connectivity index (χ2v) is 9.89. The number of aryl methyl sites for hydroxylation is 1. The number of nitrogens with zero attached hydrogens (tertiary/aromatic N) is 4. The van der Waals surface area contributed by atoms with Crippen molar-refractivity contribution in [1.29, 1.82) is 0 Å². The van der Waals surface area contributed by atoms with Crippen molar-refractivity contribution in [3.63, 3.8) is 0 Å². The van der Waals surface area contributed by atoms with E-state index in [0.29, 0.717) is 17.3 Å². The van der Waals surface area contributed by atoms with E-state index in [4.69, 9.17) is 4.74 Å². The van der Waals surface area contributed by atoms with Crippen LogP contribution in [0.1, 0.15) is 42.7 Å². The molecular weight excluding hydrogens is 430 g/mol. The Kier molecular flexibility index (Phi) is 5.77. The van der Waals surface area contributed by atoms with Crippen molar-refractivity contribution in [3.05, 3.63) is 54.0 Å². The predicted octanol–water partition coefficient (Wildman–Crippen LogP) is 3.66. The molecule has 1 fully saturated rings. The SMILES string of the molecule is Cn1cc(-c2cccc(C(=O)Nc3cc4c(cc3N3CCC(CO)CC3)OC(C)(C)C4)n2)cn1. The van der Waals surface area contributed by atoms with Crippen LogP contribution >= 0.6 is 0 Å². The molecule has 0 saturated carbocycles. The number of anilines is 2. The lowest BCUT2D eigenvalue weighted by Gasteiger charge is -2.34. The van der Waals surface area contributed by atoms with E-state index in [1.165, 1.54) is 0 Å². The van der Waals surface area contributed by atoms with Crippen LogP contribution in [0.3, 0.4) is 0 Å². The van der Waals surface area contributed by atoms with E-state index in [9.17, 15) is 9.90 Å². The zero-order chi connectivity index (χ0) is 23.9. The lowest BCUT2D eigenvalue weighted by atomic mass is 9.96. The second-order valence-electron chi connectivity index (χ2n) is 9.89. The van der Waals surface area contributed by atoms with Crippen molar-refractivity contribution in [2.24, 2.45) is 13.0 Å². The number of hydrogen-bond acceptors (Lipinski definition) is 6. The maximum absolute atomic E-state index is 13.3. The molecular formula is C26H31N5O3. The number of rotatable bonds is 5. The maximum Gasteiger partial charge on any atom is 0.274 e. The average molecular weight is 462 g/mol. The van der Waals surface area contributed by atoms with E-state index in [-0.39, 0.29) is 18.1 Å². The minimum atomic E-state index is -0.272. The molecule has 178 valence electrons. The van der Waals surface area contributed by atoms with Crippen LogP contribution in [0.5, 0.6) is 5.75 Å². The van der Waals surface area contributed by atoms with E-state index < -0.39 is 0 Å². The third-order valence-electron chi connectivity index (χ3n) is 6.63. The van der Waals surface area contributed by atoms with Gasteiger partial charge in [0.2, 0.25) is 0 Å². The normalized spacial score (nSPS) is 17.4. The van der Waals surface area contributed by atoms with Crippen LogP contribution in [-0.4, -0.2) is 51.1 Å².